The smallest absolute Gasteiger partial charge is 0.326 e. The molecule has 88 valence electrons. The van der Waals surface area contributed by atoms with Gasteiger partial charge in [0, 0.05) is 0 Å². The average molecular weight is 236 g/mol. The van der Waals surface area contributed by atoms with Crippen LogP contribution in [-0.2, 0) is 9.53 Å². The maximum Gasteiger partial charge on any atom is 0.326 e. The summed E-state index contributed by atoms with van der Waals surface area (Å²) in [6, 6.07) is -0.820. The molecule has 0 unspecified atom stereocenters. The topological polar surface area (TPSA) is 58.6 Å². The molecular weight excluding hydrogens is 218 g/mol. The number of esters is 1. The fraction of sp³-hybridized carbons (Fsp3) is 0.900. The predicted octanol–water partition coefficient (Wildman–Crippen LogP) is 1.21. The zero-order valence-corrected chi connectivity index (χ0v) is 9.67. The van der Waals surface area contributed by atoms with Gasteiger partial charge in [0.2, 0.25) is 0 Å². The Hall–Kier alpha value is -0.320. The van der Waals surface area contributed by atoms with Crippen molar-refractivity contribution in [2.75, 3.05) is 7.11 Å². The van der Waals surface area contributed by atoms with Gasteiger partial charge in [-0.15, -0.1) is 0 Å². The summed E-state index contributed by atoms with van der Waals surface area (Å²) >= 11 is 5.44. The van der Waals surface area contributed by atoms with Gasteiger partial charge in [-0.2, -0.15) is 0 Å². The molecule has 1 rings (SSSR count). The lowest BCUT2D eigenvalue weighted by Gasteiger charge is -2.30. The van der Waals surface area contributed by atoms with Crippen molar-refractivity contribution in [2.45, 2.75) is 44.2 Å². The summed E-state index contributed by atoms with van der Waals surface area (Å²) < 4.78 is 4.57. The Morgan fingerprint density at radius 2 is 2.07 bits per heavy atom. The van der Waals surface area contributed by atoms with Crippen LogP contribution in [0.5, 0.6) is 0 Å². The molecule has 2 N–H and O–H groups in total. The van der Waals surface area contributed by atoms with E-state index in [4.69, 9.17) is 11.8 Å². The van der Waals surface area contributed by atoms with Crippen LogP contribution in [0.1, 0.15) is 32.1 Å². The molecule has 5 heteroatoms. The van der Waals surface area contributed by atoms with Crippen LogP contribution in [-0.4, -0.2) is 30.3 Å². The minimum Gasteiger partial charge on any atom is -0.468 e. The molecule has 0 aromatic heterocycles. The van der Waals surface area contributed by atoms with Crippen LogP contribution in [0.4, 0.5) is 0 Å². The number of ether oxygens (including phenoxy) is 1. The van der Waals surface area contributed by atoms with Crippen LogP contribution in [0.25, 0.3) is 0 Å². The molecule has 4 nitrogen and oxygen atoms in total. The molecule has 0 aromatic carbocycles. The lowest BCUT2D eigenvalue weighted by atomic mass is 9.83. The van der Waals surface area contributed by atoms with Gasteiger partial charge in [-0.1, -0.05) is 19.3 Å². The van der Waals surface area contributed by atoms with Gasteiger partial charge in [-0.3, -0.25) is 4.79 Å². The second kappa shape index (κ2) is 6.30. The third-order valence-corrected chi connectivity index (χ3v) is 3.28. The van der Waals surface area contributed by atoms with E-state index in [-0.39, 0.29) is 5.92 Å². The number of rotatable bonds is 4. The number of hydrogen-bond donors (Lipinski definition) is 2. The Kier molecular flexibility index (Phi) is 5.36. The average Bonchev–Trinajstić information content (AvgIpc) is 2.30. The zero-order valence-electron chi connectivity index (χ0n) is 8.91. The monoisotopic (exact) mass is 235 g/mol. The number of nitrogens with one attached hydrogen (secondary N) is 1. The van der Waals surface area contributed by atoms with E-state index in [2.05, 4.69) is 9.57 Å². The molecule has 1 aliphatic carbocycles. The highest BCUT2D eigenvalue weighted by Crippen LogP contribution is 2.28. The van der Waals surface area contributed by atoms with Crippen molar-refractivity contribution < 1.29 is 14.6 Å². The Balaban J connectivity index is 2.54. The molecule has 0 spiro atoms. The molecule has 0 saturated heterocycles. The van der Waals surface area contributed by atoms with Crippen LogP contribution in [0.2, 0.25) is 0 Å². The van der Waals surface area contributed by atoms with Crippen molar-refractivity contribution in [1.82, 2.24) is 4.84 Å². The highest BCUT2D eigenvalue weighted by atomic mass is 35.5. The quantitative estimate of drug-likeness (QED) is 0.568. The number of methoxy groups -OCH3 is 1. The third kappa shape index (κ3) is 3.33. The fourth-order valence-electron chi connectivity index (χ4n) is 2.12. The van der Waals surface area contributed by atoms with E-state index < -0.39 is 18.1 Å². The van der Waals surface area contributed by atoms with Gasteiger partial charge < -0.3 is 9.84 Å². The maximum atomic E-state index is 11.3. The maximum absolute atomic E-state index is 11.3. The molecule has 0 radical (unpaired) electrons. The Morgan fingerprint density at radius 1 is 1.47 bits per heavy atom. The number of carbonyl (C=O) groups is 1. The molecular formula is C10H18ClNO3. The van der Waals surface area contributed by atoms with Gasteiger partial charge in [0.15, 0.2) is 0 Å². The second-order valence-corrected chi connectivity index (χ2v) is 4.22. The fourth-order valence-corrected chi connectivity index (χ4v) is 2.34. The first kappa shape index (κ1) is 12.7. The first-order chi connectivity index (χ1) is 7.20. The van der Waals surface area contributed by atoms with Crippen LogP contribution in [0.3, 0.4) is 0 Å². The lowest BCUT2D eigenvalue weighted by Crippen LogP contribution is -2.46. The number of carbonyl (C=O) groups excluding carboxylic acids is 1. The summed E-state index contributed by atoms with van der Waals surface area (Å²) in [7, 11) is 1.29. The van der Waals surface area contributed by atoms with Gasteiger partial charge in [0.1, 0.15) is 6.04 Å². The standard InChI is InChI=1S/C10H18ClNO3/c1-15-10(14)8(12-11)9(13)7-5-3-2-4-6-7/h7-9,12-13H,2-6H2,1H3/t8-,9-/m0/s1. The molecule has 1 aliphatic rings. The summed E-state index contributed by atoms with van der Waals surface area (Å²) in [6.45, 7) is 0. The van der Waals surface area contributed by atoms with E-state index in [1.807, 2.05) is 0 Å². The van der Waals surface area contributed by atoms with Gasteiger partial charge >= 0.3 is 5.97 Å². The summed E-state index contributed by atoms with van der Waals surface area (Å²) in [5.74, 6) is -0.364. The summed E-state index contributed by atoms with van der Waals surface area (Å²) in [5.41, 5.74) is 0. The molecule has 15 heavy (non-hydrogen) atoms. The Morgan fingerprint density at radius 3 is 2.53 bits per heavy atom. The summed E-state index contributed by atoms with van der Waals surface area (Å²) in [5, 5.41) is 9.99. The van der Waals surface area contributed by atoms with Gasteiger partial charge in [-0.05, 0) is 30.5 Å². The van der Waals surface area contributed by atoms with Crippen molar-refractivity contribution in [3.05, 3.63) is 0 Å². The van der Waals surface area contributed by atoms with Crippen LogP contribution < -0.4 is 4.84 Å². The van der Waals surface area contributed by atoms with E-state index in [1.165, 1.54) is 13.5 Å². The summed E-state index contributed by atoms with van der Waals surface area (Å²) in [4.78, 5) is 13.6. The van der Waals surface area contributed by atoms with Crippen LogP contribution >= 0.6 is 11.8 Å². The Labute approximate surface area is 95.1 Å². The molecule has 2 atom stereocenters. The SMILES string of the molecule is COC(=O)[C@@H](NCl)[C@@H](O)C1CCCCC1. The molecule has 0 bridgehead atoms. The minimum atomic E-state index is -0.820. The number of aliphatic hydroxyl groups is 1. The highest BCUT2D eigenvalue weighted by Gasteiger charge is 2.33. The van der Waals surface area contributed by atoms with Crippen molar-refractivity contribution in [3.63, 3.8) is 0 Å². The van der Waals surface area contributed by atoms with E-state index in [0.29, 0.717) is 0 Å². The number of hydrogen-bond acceptors (Lipinski definition) is 4. The molecule has 0 heterocycles. The van der Waals surface area contributed by atoms with Crippen molar-refractivity contribution >= 4 is 17.7 Å². The number of aliphatic hydroxyl groups excluding tert-OH is 1. The molecule has 0 aromatic rings. The molecule has 1 fully saturated rings. The molecule has 0 amide bonds. The van der Waals surface area contributed by atoms with Crippen molar-refractivity contribution in [2.24, 2.45) is 5.92 Å². The van der Waals surface area contributed by atoms with Crippen LogP contribution in [0.15, 0.2) is 0 Å². The Bertz CT molecular complexity index is 207. The van der Waals surface area contributed by atoms with E-state index in [0.717, 1.165) is 25.7 Å². The van der Waals surface area contributed by atoms with Crippen LogP contribution in [0, 0.1) is 5.92 Å². The second-order valence-electron chi connectivity index (χ2n) is 4.00. The highest BCUT2D eigenvalue weighted by molar-refractivity contribution is 6.14. The van der Waals surface area contributed by atoms with E-state index >= 15 is 0 Å². The molecule has 0 aliphatic heterocycles. The largest absolute Gasteiger partial charge is 0.468 e. The minimum absolute atomic E-state index is 0.147. The molecule has 1 saturated carbocycles. The first-order valence-electron chi connectivity index (χ1n) is 5.32. The van der Waals surface area contributed by atoms with Crippen molar-refractivity contribution in [1.29, 1.82) is 0 Å². The van der Waals surface area contributed by atoms with Gasteiger partial charge in [0.25, 0.3) is 0 Å². The van der Waals surface area contributed by atoms with Crippen molar-refractivity contribution in [3.8, 4) is 0 Å². The van der Waals surface area contributed by atoms with Gasteiger partial charge in [0.05, 0.1) is 13.2 Å². The predicted molar refractivity (Wildman–Crippen MR) is 57.4 cm³/mol. The zero-order chi connectivity index (χ0) is 11.3. The summed E-state index contributed by atoms with van der Waals surface area (Å²) in [6.07, 6.45) is 4.58. The number of halogens is 1. The normalized spacial score (nSPS) is 22.1. The van der Waals surface area contributed by atoms with E-state index in [9.17, 15) is 9.90 Å². The lowest BCUT2D eigenvalue weighted by molar-refractivity contribution is -0.146. The van der Waals surface area contributed by atoms with Gasteiger partial charge in [-0.25, -0.2) is 4.84 Å². The first-order valence-corrected chi connectivity index (χ1v) is 5.70. The van der Waals surface area contributed by atoms with E-state index in [1.54, 1.807) is 0 Å². The third-order valence-electron chi connectivity index (χ3n) is 3.05.